The van der Waals surface area contributed by atoms with Crippen LogP contribution in [0, 0.1) is 0 Å². The highest BCUT2D eigenvalue weighted by Gasteiger charge is 2.30. The molecule has 31 heavy (non-hydrogen) atoms. The second kappa shape index (κ2) is 10.5. The largest absolute Gasteiger partial charge is 0.358 e. The first kappa shape index (κ1) is 21.5. The molecule has 0 aliphatic carbocycles. The molecule has 3 aromatic rings. The van der Waals surface area contributed by atoms with Gasteiger partial charge in [-0.25, -0.2) is 0 Å². The molecule has 0 bridgehead atoms. The predicted octanol–water partition coefficient (Wildman–Crippen LogP) is 4.12. The van der Waals surface area contributed by atoms with Crippen molar-refractivity contribution < 1.29 is 0 Å². The Bertz CT molecular complexity index is 941. The Hall–Kier alpha value is -2.73. The van der Waals surface area contributed by atoms with Gasteiger partial charge in [0, 0.05) is 38.8 Å². The molecule has 1 heterocycles. The van der Waals surface area contributed by atoms with Crippen molar-refractivity contribution in [2.45, 2.75) is 18.6 Å². The maximum atomic E-state index is 6.82. The summed E-state index contributed by atoms with van der Waals surface area (Å²) in [5.41, 5.74) is 10.5. The van der Waals surface area contributed by atoms with Crippen LogP contribution in [0.25, 0.3) is 0 Å². The molecule has 4 nitrogen and oxygen atoms in total. The van der Waals surface area contributed by atoms with Crippen LogP contribution in [0.3, 0.4) is 0 Å². The minimum Gasteiger partial charge on any atom is -0.358 e. The van der Waals surface area contributed by atoms with Crippen molar-refractivity contribution in [1.29, 1.82) is 0 Å². The SMILES string of the molecule is NC(c1ccccc1)C(c1ccccc1)N1CCN(C(=S)NCc2ccccc2)CC1. The molecule has 1 aliphatic heterocycles. The summed E-state index contributed by atoms with van der Waals surface area (Å²) < 4.78 is 0. The smallest absolute Gasteiger partial charge is 0.169 e. The van der Waals surface area contributed by atoms with Gasteiger partial charge in [0.05, 0.1) is 6.04 Å². The second-order valence-electron chi connectivity index (χ2n) is 7.96. The van der Waals surface area contributed by atoms with E-state index < -0.39 is 0 Å². The van der Waals surface area contributed by atoms with E-state index in [-0.39, 0.29) is 12.1 Å². The van der Waals surface area contributed by atoms with Gasteiger partial charge in [-0.3, -0.25) is 4.90 Å². The highest BCUT2D eigenvalue weighted by molar-refractivity contribution is 7.80. The molecule has 0 saturated carbocycles. The average Bonchev–Trinajstić information content (AvgIpc) is 2.85. The first-order valence-electron chi connectivity index (χ1n) is 10.9. The van der Waals surface area contributed by atoms with E-state index in [1.165, 1.54) is 16.7 Å². The standard InChI is InChI=1S/C26H30N4S/c27-24(22-12-6-2-7-13-22)25(23-14-8-3-9-15-23)29-16-18-30(19-17-29)26(31)28-20-21-10-4-1-5-11-21/h1-15,24-25H,16-20,27H2,(H,28,31). The Morgan fingerprint density at radius 2 is 1.29 bits per heavy atom. The molecule has 0 aromatic heterocycles. The van der Waals surface area contributed by atoms with Gasteiger partial charge < -0.3 is 16.0 Å². The molecule has 5 heteroatoms. The van der Waals surface area contributed by atoms with E-state index in [2.05, 4.69) is 94.0 Å². The summed E-state index contributed by atoms with van der Waals surface area (Å²) >= 11 is 5.67. The van der Waals surface area contributed by atoms with E-state index >= 15 is 0 Å². The first-order valence-corrected chi connectivity index (χ1v) is 11.3. The lowest BCUT2D eigenvalue weighted by Gasteiger charge is -2.42. The third kappa shape index (κ3) is 5.50. The molecule has 1 aliphatic rings. The number of hydrogen-bond acceptors (Lipinski definition) is 3. The molecule has 3 N–H and O–H groups in total. The summed E-state index contributed by atoms with van der Waals surface area (Å²) in [7, 11) is 0. The fourth-order valence-electron chi connectivity index (χ4n) is 4.24. The van der Waals surface area contributed by atoms with Gasteiger partial charge in [-0.05, 0) is 28.9 Å². The van der Waals surface area contributed by atoms with Crippen LogP contribution in [0.15, 0.2) is 91.0 Å². The molecule has 0 spiro atoms. The van der Waals surface area contributed by atoms with Gasteiger partial charge in [-0.1, -0.05) is 91.0 Å². The van der Waals surface area contributed by atoms with Gasteiger partial charge in [-0.2, -0.15) is 0 Å². The third-order valence-electron chi connectivity index (χ3n) is 5.95. The number of rotatable bonds is 6. The summed E-state index contributed by atoms with van der Waals surface area (Å²) in [6.07, 6.45) is 0. The Labute approximate surface area is 190 Å². The molecule has 3 aromatic carbocycles. The van der Waals surface area contributed by atoms with Crippen LogP contribution in [0.5, 0.6) is 0 Å². The number of hydrogen-bond donors (Lipinski definition) is 2. The van der Waals surface area contributed by atoms with Crippen molar-refractivity contribution in [2.24, 2.45) is 5.73 Å². The van der Waals surface area contributed by atoms with Gasteiger partial charge >= 0.3 is 0 Å². The van der Waals surface area contributed by atoms with E-state index in [1.54, 1.807) is 0 Å². The lowest BCUT2D eigenvalue weighted by atomic mass is 9.92. The summed E-state index contributed by atoms with van der Waals surface area (Å²) in [5.74, 6) is 0. The van der Waals surface area contributed by atoms with Crippen molar-refractivity contribution >= 4 is 17.3 Å². The zero-order valence-corrected chi connectivity index (χ0v) is 18.5. The monoisotopic (exact) mass is 430 g/mol. The van der Waals surface area contributed by atoms with Crippen LogP contribution in [0.2, 0.25) is 0 Å². The minimum atomic E-state index is -0.0849. The molecule has 2 atom stereocenters. The lowest BCUT2D eigenvalue weighted by molar-refractivity contribution is 0.115. The summed E-state index contributed by atoms with van der Waals surface area (Å²) in [4.78, 5) is 4.77. The van der Waals surface area contributed by atoms with Crippen LogP contribution in [0.1, 0.15) is 28.8 Å². The molecule has 0 amide bonds. The number of thiocarbonyl (C=S) groups is 1. The highest BCUT2D eigenvalue weighted by Crippen LogP contribution is 2.33. The molecule has 1 fully saturated rings. The van der Waals surface area contributed by atoms with Crippen LogP contribution in [-0.2, 0) is 6.54 Å². The Balaban J connectivity index is 1.41. The molecule has 4 rings (SSSR count). The summed E-state index contributed by atoms with van der Waals surface area (Å²) in [5, 5.41) is 4.23. The molecule has 0 radical (unpaired) electrons. The van der Waals surface area contributed by atoms with Crippen molar-refractivity contribution in [3.05, 3.63) is 108 Å². The lowest BCUT2D eigenvalue weighted by Crippen LogP contribution is -2.53. The second-order valence-corrected chi connectivity index (χ2v) is 8.35. The normalized spacial score (nSPS) is 16.5. The van der Waals surface area contributed by atoms with Crippen LogP contribution in [-0.4, -0.2) is 41.1 Å². The number of piperazine rings is 1. The van der Waals surface area contributed by atoms with E-state index in [4.69, 9.17) is 18.0 Å². The molecular formula is C26H30N4S. The zero-order valence-electron chi connectivity index (χ0n) is 17.7. The van der Waals surface area contributed by atoms with Gasteiger partial charge in [0.15, 0.2) is 5.11 Å². The maximum Gasteiger partial charge on any atom is 0.169 e. The van der Waals surface area contributed by atoms with Crippen molar-refractivity contribution in [3.63, 3.8) is 0 Å². The van der Waals surface area contributed by atoms with E-state index in [0.29, 0.717) is 0 Å². The summed E-state index contributed by atoms with van der Waals surface area (Å²) in [6, 6.07) is 31.5. The Kier molecular flexibility index (Phi) is 7.30. The number of nitrogens with zero attached hydrogens (tertiary/aromatic N) is 2. The number of benzene rings is 3. The fourth-order valence-corrected chi connectivity index (χ4v) is 4.50. The summed E-state index contributed by atoms with van der Waals surface area (Å²) in [6.45, 7) is 4.39. The van der Waals surface area contributed by atoms with Crippen LogP contribution < -0.4 is 11.1 Å². The van der Waals surface area contributed by atoms with Gasteiger partial charge in [0.2, 0.25) is 0 Å². The van der Waals surface area contributed by atoms with Gasteiger partial charge in [-0.15, -0.1) is 0 Å². The Morgan fingerprint density at radius 1 is 0.774 bits per heavy atom. The van der Waals surface area contributed by atoms with Gasteiger partial charge in [0.1, 0.15) is 0 Å². The van der Waals surface area contributed by atoms with E-state index in [1.807, 2.05) is 12.1 Å². The molecule has 2 unspecified atom stereocenters. The van der Waals surface area contributed by atoms with E-state index in [9.17, 15) is 0 Å². The highest BCUT2D eigenvalue weighted by atomic mass is 32.1. The average molecular weight is 431 g/mol. The van der Waals surface area contributed by atoms with E-state index in [0.717, 1.165) is 37.8 Å². The minimum absolute atomic E-state index is 0.0849. The number of nitrogens with one attached hydrogen (secondary N) is 1. The number of nitrogens with two attached hydrogens (primary N) is 1. The van der Waals surface area contributed by atoms with Gasteiger partial charge in [0.25, 0.3) is 0 Å². The molecule has 1 saturated heterocycles. The molecular weight excluding hydrogens is 400 g/mol. The molecule has 160 valence electrons. The van der Waals surface area contributed by atoms with Crippen molar-refractivity contribution in [3.8, 4) is 0 Å². The fraction of sp³-hybridized carbons (Fsp3) is 0.269. The maximum absolute atomic E-state index is 6.82. The van der Waals surface area contributed by atoms with Crippen LogP contribution in [0.4, 0.5) is 0 Å². The third-order valence-corrected chi connectivity index (χ3v) is 6.35. The quantitative estimate of drug-likeness (QED) is 0.576. The topological polar surface area (TPSA) is 44.5 Å². The first-order chi connectivity index (χ1) is 15.2. The van der Waals surface area contributed by atoms with Crippen molar-refractivity contribution in [2.75, 3.05) is 26.2 Å². The van der Waals surface area contributed by atoms with Crippen molar-refractivity contribution in [1.82, 2.24) is 15.1 Å². The van der Waals surface area contributed by atoms with Crippen LogP contribution >= 0.6 is 12.2 Å². The zero-order chi connectivity index (χ0) is 21.5. The Morgan fingerprint density at radius 3 is 1.87 bits per heavy atom. The predicted molar refractivity (Wildman–Crippen MR) is 132 cm³/mol.